The molecule has 2 unspecified atom stereocenters. The Bertz CT molecular complexity index is 528. The van der Waals surface area contributed by atoms with Gasteiger partial charge >= 0.3 is 0 Å². The predicted octanol–water partition coefficient (Wildman–Crippen LogP) is 6.83. The molecule has 0 spiro atoms. The van der Waals surface area contributed by atoms with Gasteiger partial charge in [0.25, 0.3) is 0 Å². The third kappa shape index (κ3) is 15.4. The van der Waals surface area contributed by atoms with Gasteiger partial charge in [-0.05, 0) is 24.5 Å². The molecule has 2 heterocycles. The van der Waals surface area contributed by atoms with E-state index in [0.29, 0.717) is 18.0 Å². The molecule has 0 radical (unpaired) electrons. The largest absolute Gasteiger partial charge is 0.508 e. The minimum absolute atomic E-state index is 0.392. The number of para-hydroxylation sites is 1. The Balaban J connectivity index is 0.000000309. The Morgan fingerprint density at radius 2 is 1.19 bits per heavy atom. The number of rotatable bonds is 18. The van der Waals surface area contributed by atoms with Crippen LogP contribution < -0.4 is 0 Å². The van der Waals surface area contributed by atoms with Gasteiger partial charge in [0, 0.05) is 0 Å². The lowest BCUT2D eigenvalue weighted by atomic mass is 10.0. The molecule has 0 amide bonds. The highest BCUT2D eigenvalue weighted by Crippen LogP contribution is 2.19. The lowest BCUT2D eigenvalue weighted by Crippen LogP contribution is -2.06. The highest BCUT2D eigenvalue weighted by molar-refractivity contribution is 5.31. The van der Waals surface area contributed by atoms with Gasteiger partial charge in [-0.3, -0.25) is 0 Å². The fourth-order valence-electron chi connectivity index (χ4n) is 3.71. The van der Waals surface area contributed by atoms with Crippen LogP contribution in [0.15, 0.2) is 24.3 Å². The molecule has 2 aliphatic heterocycles. The van der Waals surface area contributed by atoms with Gasteiger partial charge in [-0.2, -0.15) is 0 Å². The molecular formula is C27H46O4. The Morgan fingerprint density at radius 3 is 1.65 bits per heavy atom. The minimum Gasteiger partial charge on any atom is -0.508 e. The third-order valence-electron chi connectivity index (χ3n) is 5.95. The second kappa shape index (κ2) is 17.5. The van der Waals surface area contributed by atoms with Crippen LogP contribution in [0.2, 0.25) is 0 Å². The highest BCUT2D eigenvalue weighted by Gasteiger charge is 2.26. The number of hydrogen-bond acceptors (Lipinski definition) is 4. The number of unbranched alkanes of at least 4 members (excludes halogenated alkanes) is 12. The van der Waals surface area contributed by atoms with Crippen molar-refractivity contribution in [2.24, 2.45) is 0 Å². The van der Waals surface area contributed by atoms with Crippen molar-refractivity contribution < 1.29 is 19.3 Å². The average Bonchev–Trinajstić information content (AvgIpc) is 3.69. The van der Waals surface area contributed by atoms with Crippen molar-refractivity contribution in [2.75, 3.05) is 26.4 Å². The Morgan fingerprint density at radius 1 is 0.742 bits per heavy atom. The fourth-order valence-corrected chi connectivity index (χ4v) is 3.71. The molecule has 2 atom stereocenters. The van der Waals surface area contributed by atoms with E-state index in [1.165, 1.54) is 83.5 Å². The van der Waals surface area contributed by atoms with Crippen LogP contribution >= 0.6 is 0 Å². The van der Waals surface area contributed by atoms with Gasteiger partial charge in [0.1, 0.15) is 18.0 Å². The summed E-state index contributed by atoms with van der Waals surface area (Å²) < 4.78 is 15.1. The van der Waals surface area contributed by atoms with E-state index < -0.39 is 0 Å². The zero-order valence-corrected chi connectivity index (χ0v) is 19.9. The zero-order chi connectivity index (χ0) is 22.0. The lowest BCUT2D eigenvalue weighted by Gasteiger charge is -2.05. The molecule has 1 N–H and O–H groups in total. The smallest absolute Gasteiger partial charge is 0.118 e. The van der Waals surface area contributed by atoms with Crippen molar-refractivity contribution in [1.82, 2.24) is 0 Å². The van der Waals surface area contributed by atoms with Crippen LogP contribution in [0.5, 0.6) is 5.75 Å². The van der Waals surface area contributed by atoms with Crippen LogP contribution in [0.25, 0.3) is 0 Å². The van der Waals surface area contributed by atoms with Crippen molar-refractivity contribution in [3.8, 4) is 5.75 Å². The summed E-state index contributed by atoms with van der Waals surface area (Å²) in [7, 11) is 0. The summed E-state index contributed by atoms with van der Waals surface area (Å²) in [5.41, 5.74) is 1.10. The quantitative estimate of drug-likeness (QED) is 0.203. The van der Waals surface area contributed by atoms with E-state index in [0.717, 1.165) is 38.4 Å². The van der Waals surface area contributed by atoms with E-state index in [4.69, 9.17) is 14.2 Å². The molecule has 2 saturated heterocycles. The van der Waals surface area contributed by atoms with Gasteiger partial charge in [0.15, 0.2) is 0 Å². The van der Waals surface area contributed by atoms with E-state index in [-0.39, 0.29) is 0 Å². The van der Waals surface area contributed by atoms with Crippen LogP contribution in [0, 0.1) is 0 Å². The van der Waals surface area contributed by atoms with E-state index in [1.54, 1.807) is 6.07 Å². The first-order chi connectivity index (χ1) is 15.3. The summed E-state index contributed by atoms with van der Waals surface area (Å²) in [6, 6.07) is 7.73. The van der Waals surface area contributed by atoms with E-state index in [2.05, 4.69) is 6.92 Å². The number of aromatic hydroxyl groups is 1. The van der Waals surface area contributed by atoms with Gasteiger partial charge in [-0.25, -0.2) is 0 Å². The van der Waals surface area contributed by atoms with Crippen LogP contribution in [0.3, 0.4) is 0 Å². The molecule has 0 aliphatic carbocycles. The molecule has 4 nitrogen and oxygen atoms in total. The first kappa shape index (κ1) is 26.2. The number of ether oxygens (including phenoxy) is 3. The van der Waals surface area contributed by atoms with Gasteiger partial charge in [-0.15, -0.1) is 0 Å². The summed E-state index contributed by atoms with van der Waals surface area (Å²) >= 11 is 0. The molecule has 2 fully saturated rings. The number of benzene rings is 1. The molecule has 1 aromatic carbocycles. The van der Waals surface area contributed by atoms with Crippen molar-refractivity contribution in [1.29, 1.82) is 0 Å². The number of aryl methyl sites for hydroxylation is 1. The second-order valence-corrected chi connectivity index (χ2v) is 9.07. The number of phenols is 1. The number of phenolic OH excluding ortho intramolecular Hbond substituents is 1. The zero-order valence-electron chi connectivity index (χ0n) is 19.9. The fraction of sp³-hybridized carbons (Fsp3) is 0.778. The molecule has 4 heteroatoms. The number of hydrogen-bond donors (Lipinski definition) is 1. The monoisotopic (exact) mass is 434 g/mol. The van der Waals surface area contributed by atoms with E-state index >= 15 is 0 Å². The Hall–Kier alpha value is -1.10. The second-order valence-electron chi connectivity index (χ2n) is 9.07. The average molecular weight is 435 g/mol. The summed E-state index contributed by atoms with van der Waals surface area (Å²) in [4.78, 5) is 0. The summed E-state index contributed by atoms with van der Waals surface area (Å²) in [5.74, 6) is 0.460. The van der Waals surface area contributed by atoms with Gasteiger partial charge in [0.2, 0.25) is 0 Å². The molecular weight excluding hydrogens is 388 g/mol. The topological polar surface area (TPSA) is 54.5 Å². The molecule has 1 aromatic rings. The summed E-state index contributed by atoms with van der Waals surface area (Å²) in [6.45, 7) is 5.54. The summed E-state index contributed by atoms with van der Waals surface area (Å²) in [6.07, 6.45) is 19.8. The van der Waals surface area contributed by atoms with Crippen LogP contribution in [0.4, 0.5) is 0 Å². The minimum atomic E-state index is 0.392. The maximum atomic E-state index is 9.70. The third-order valence-corrected chi connectivity index (χ3v) is 5.95. The maximum absolute atomic E-state index is 9.70. The maximum Gasteiger partial charge on any atom is 0.118 e. The molecule has 3 rings (SSSR count). The molecule has 0 saturated carbocycles. The lowest BCUT2D eigenvalue weighted by molar-refractivity contribution is 0.102. The van der Waals surface area contributed by atoms with E-state index in [9.17, 15) is 5.11 Å². The molecule has 0 aromatic heterocycles. The van der Waals surface area contributed by atoms with Crippen LogP contribution in [0.1, 0.15) is 96.0 Å². The number of epoxide rings is 2. The molecule has 0 bridgehead atoms. The van der Waals surface area contributed by atoms with Crippen LogP contribution in [-0.4, -0.2) is 43.7 Å². The van der Waals surface area contributed by atoms with Gasteiger partial charge in [-0.1, -0.05) is 102 Å². The van der Waals surface area contributed by atoms with Gasteiger partial charge < -0.3 is 19.3 Å². The van der Waals surface area contributed by atoms with E-state index in [1.807, 2.05) is 18.2 Å². The first-order valence-electron chi connectivity index (χ1n) is 12.9. The SMILES string of the molecule is C(OCC1CO1)C1CO1.CCCCCCCCCCCCCCCc1ccccc1O. The normalized spacial score (nSPS) is 19.0. The van der Waals surface area contributed by atoms with Gasteiger partial charge in [0.05, 0.1) is 26.4 Å². The molecule has 178 valence electrons. The van der Waals surface area contributed by atoms with Crippen molar-refractivity contribution in [3.63, 3.8) is 0 Å². The Labute approximate surface area is 190 Å². The van der Waals surface area contributed by atoms with Crippen molar-refractivity contribution in [2.45, 2.75) is 109 Å². The summed E-state index contributed by atoms with van der Waals surface area (Å²) in [5, 5.41) is 9.70. The van der Waals surface area contributed by atoms with Crippen molar-refractivity contribution in [3.05, 3.63) is 29.8 Å². The molecule has 31 heavy (non-hydrogen) atoms. The van der Waals surface area contributed by atoms with Crippen LogP contribution in [-0.2, 0) is 20.6 Å². The predicted molar refractivity (Wildman–Crippen MR) is 128 cm³/mol. The van der Waals surface area contributed by atoms with Crippen molar-refractivity contribution >= 4 is 0 Å². The standard InChI is InChI=1S/C21H36O.C6H10O3/c1-2-3-4-5-6-7-8-9-10-11-12-13-14-17-20-18-15-16-19-21(20)22;1(5-3-8-5)7-2-6-4-9-6/h15-16,18-19,22H,2-14,17H2,1H3;5-6H,1-4H2. The Kier molecular flexibility index (Phi) is 14.7. The molecule has 2 aliphatic rings. The highest BCUT2D eigenvalue weighted by atomic mass is 16.6. The first-order valence-corrected chi connectivity index (χ1v) is 12.9.